The predicted octanol–water partition coefficient (Wildman–Crippen LogP) is 6.18. The first-order valence-corrected chi connectivity index (χ1v) is 11.1. The summed E-state index contributed by atoms with van der Waals surface area (Å²) in [6.45, 7) is 5.34. The van der Waals surface area contributed by atoms with Gasteiger partial charge in [-0.3, -0.25) is 4.79 Å². The SMILES string of the molecule is CCCCCCOc1ccc(C2(C)Nc3ccccc3C(=O)N2Cc2ccco2)cc1. The molecule has 3 aromatic rings. The third-order valence-electron chi connectivity index (χ3n) is 5.90. The Kier molecular flexibility index (Phi) is 6.31. The molecule has 1 N–H and O–H groups in total. The largest absolute Gasteiger partial charge is 0.494 e. The van der Waals surface area contributed by atoms with Crippen LogP contribution in [0.2, 0.25) is 0 Å². The van der Waals surface area contributed by atoms with Crippen LogP contribution in [0, 0.1) is 0 Å². The van der Waals surface area contributed by atoms with Crippen LogP contribution in [0.1, 0.15) is 61.2 Å². The van der Waals surface area contributed by atoms with E-state index >= 15 is 0 Å². The molecule has 5 heteroatoms. The van der Waals surface area contributed by atoms with Crippen molar-refractivity contribution in [3.63, 3.8) is 0 Å². The highest BCUT2D eigenvalue weighted by Gasteiger charge is 2.42. The summed E-state index contributed by atoms with van der Waals surface area (Å²) in [5, 5.41) is 3.59. The molecule has 1 aliphatic heterocycles. The first kappa shape index (κ1) is 21.0. The standard InChI is InChI=1S/C26H30N2O3/c1-3-4-5-8-17-30-21-15-13-20(14-16-21)26(2)27-24-12-7-6-11-23(24)25(29)28(26)19-22-10-9-18-31-22/h6-7,9-16,18,27H,3-5,8,17,19H2,1-2H3. The van der Waals surface area contributed by atoms with E-state index in [0.29, 0.717) is 12.1 Å². The molecule has 0 aliphatic carbocycles. The zero-order chi connectivity index (χ0) is 21.7. The summed E-state index contributed by atoms with van der Waals surface area (Å²) in [6.07, 6.45) is 6.36. The number of nitrogens with one attached hydrogen (secondary N) is 1. The average Bonchev–Trinajstić information content (AvgIpc) is 3.30. The Labute approximate surface area is 184 Å². The van der Waals surface area contributed by atoms with Crippen molar-refractivity contribution in [3.05, 3.63) is 83.8 Å². The number of amides is 1. The number of nitrogens with zero attached hydrogens (tertiary/aromatic N) is 1. The second-order valence-electron chi connectivity index (χ2n) is 8.15. The summed E-state index contributed by atoms with van der Waals surface area (Å²) in [5.74, 6) is 1.57. The minimum absolute atomic E-state index is 0.0236. The Morgan fingerprint density at radius 3 is 2.55 bits per heavy atom. The maximum Gasteiger partial charge on any atom is 0.258 e. The van der Waals surface area contributed by atoms with Gasteiger partial charge < -0.3 is 19.4 Å². The van der Waals surface area contributed by atoms with Crippen molar-refractivity contribution in [1.29, 1.82) is 0 Å². The lowest BCUT2D eigenvalue weighted by molar-refractivity contribution is 0.0487. The highest BCUT2D eigenvalue weighted by Crippen LogP contribution is 2.39. The van der Waals surface area contributed by atoms with E-state index < -0.39 is 5.66 Å². The first-order valence-electron chi connectivity index (χ1n) is 11.1. The number of unbranched alkanes of at least 4 members (excludes halogenated alkanes) is 3. The van der Waals surface area contributed by atoms with Gasteiger partial charge in [-0.05, 0) is 55.3 Å². The van der Waals surface area contributed by atoms with Crippen LogP contribution in [0.25, 0.3) is 0 Å². The van der Waals surface area contributed by atoms with Gasteiger partial charge in [-0.15, -0.1) is 0 Å². The van der Waals surface area contributed by atoms with E-state index in [9.17, 15) is 4.79 Å². The van der Waals surface area contributed by atoms with Crippen molar-refractivity contribution >= 4 is 11.6 Å². The molecule has 5 nitrogen and oxygen atoms in total. The summed E-state index contributed by atoms with van der Waals surface area (Å²) < 4.78 is 11.5. The number of carbonyl (C=O) groups excluding carboxylic acids is 1. The Morgan fingerprint density at radius 2 is 1.81 bits per heavy atom. The molecule has 1 unspecified atom stereocenters. The van der Waals surface area contributed by atoms with Crippen molar-refractivity contribution in [2.24, 2.45) is 0 Å². The van der Waals surface area contributed by atoms with Gasteiger partial charge in [0.15, 0.2) is 0 Å². The number of carbonyl (C=O) groups is 1. The minimum Gasteiger partial charge on any atom is -0.494 e. The molecule has 4 rings (SSSR count). The zero-order valence-corrected chi connectivity index (χ0v) is 18.3. The van der Waals surface area contributed by atoms with Crippen LogP contribution in [-0.4, -0.2) is 17.4 Å². The fourth-order valence-electron chi connectivity index (χ4n) is 4.07. The van der Waals surface area contributed by atoms with Crippen LogP contribution in [0.5, 0.6) is 5.75 Å². The van der Waals surface area contributed by atoms with Gasteiger partial charge in [-0.25, -0.2) is 0 Å². The van der Waals surface area contributed by atoms with Crippen LogP contribution in [0.15, 0.2) is 71.3 Å². The quantitative estimate of drug-likeness (QED) is 0.422. The molecule has 1 amide bonds. The van der Waals surface area contributed by atoms with E-state index in [4.69, 9.17) is 9.15 Å². The third kappa shape index (κ3) is 4.46. The van der Waals surface area contributed by atoms with Crippen LogP contribution in [0.3, 0.4) is 0 Å². The van der Waals surface area contributed by atoms with Gasteiger partial charge in [-0.1, -0.05) is 50.5 Å². The molecule has 2 heterocycles. The number of hydrogen-bond donors (Lipinski definition) is 1. The lowest BCUT2D eigenvalue weighted by atomic mass is 9.93. The average molecular weight is 419 g/mol. The first-order chi connectivity index (χ1) is 15.1. The van der Waals surface area contributed by atoms with Crippen LogP contribution in [-0.2, 0) is 12.2 Å². The number of furan rings is 1. The van der Waals surface area contributed by atoms with E-state index in [0.717, 1.165) is 35.8 Å². The predicted molar refractivity (Wildman–Crippen MR) is 122 cm³/mol. The molecule has 162 valence electrons. The Bertz CT molecular complexity index is 998. The molecule has 2 aromatic carbocycles. The molecule has 0 fully saturated rings. The molecule has 1 atom stereocenters. The Morgan fingerprint density at radius 1 is 1.00 bits per heavy atom. The summed E-state index contributed by atoms with van der Waals surface area (Å²) in [6, 6.07) is 19.4. The fraction of sp³-hybridized carbons (Fsp3) is 0.346. The monoisotopic (exact) mass is 418 g/mol. The molecule has 31 heavy (non-hydrogen) atoms. The summed E-state index contributed by atoms with van der Waals surface area (Å²) >= 11 is 0. The Balaban J connectivity index is 1.58. The number of hydrogen-bond acceptors (Lipinski definition) is 4. The highest BCUT2D eigenvalue weighted by atomic mass is 16.5. The zero-order valence-electron chi connectivity index (χ0n) is 18.3. The number of fused-ring (bicyclic) bond motifs is 1. The number of ether oxygens (including phenoxy) is 1. The summed E-state index contributed by atoms with van der Waals surface area (Å²) in [7, 11) is 0. The van der Waals surface area contributed by atoms with E-state index in [-0.39, 0.29) is 5.91 Å². The second kappa shape index (κ2) is 9.29. The van der Waals surface area contributed by atoms with Crippen molar-refractivity contribution in [3.8, 4) is 5.75 Å². The fourth-order valence-corrected chi connectivity index (χ4v) is 4.07. The van der Waals surface area contributed by atoms with Crippen molar-refractivity contribution in [1.82, 2.24) is 4.90 Å². The number of rotatable bonds is 9. The van der Waals surface area contributed by atoms with E-state index in [1.54, 1.807) is 6.26 Å². The van der Waals surface area contributed by atoms with E-state index in [1.807, 2.05) is 72.5 Å². The van der Waals surface area contributed by atoms with Crippen LogP contribution >= 0.6 is 0 Å². The second-order valence-corrected chi connectivity index (χ2v) is 8.15. The van der Waals surface area contributed by atoms with Crippen molar-refractivity contribution in [2.45, 2.75) is 51.7 Å². The van der Waals surface area contributed by atoms with E-state index in [2.05, 4.69) is 12.2 Å². The lowest BCUT2D eigenvalue weighted by Crippen LogP contribution is -2.55. The van der Waals surface area contributed by atoms with E-state index in [1.165, 1.54) is 19.3 Å². The maximum atomic E-state index is 13.4. The normalized spacial score (nSPS) is 17.9. The van der Waals surface area contributed by atoms with Gasteiger partial charge in [0.25, 0.3) is 5.91 Å². The molecule has 0 radical (unpaired) electrons. The molecular weight excluding hydrogens is 388 g/mol. The smallest absolute Gasteiger partial charge is 0.258 e. The molecule has 0 bridgehead atoms. The molecule has 0 saturated heterocycles. The Hall–Kier alpha value is -3.21. The maximum absolute atomic E-state index is 13.4. The van der Waals surface area contributed by atoms with Gasteiger partial charge in [0.05, 0.1) is 25.0 Å². The third-order valence-corrected chi connectivity index (χ3v) is 5.90. The van der Waals surface area contributed by atoms with Gasteiger partial charge >= 0.3 is 0 Å². The highest BCUT2D eigenvalue weighted by molar-refractivity contribution is 6.02. The van der Waals surface area contributed by atoms with Gasteiger partial charge in [-0.2, -0.15) is 0 Å². The summed E-state index contributed by atoms with van der Waals surface area (Å²) in [5.41, 5.74) is 1.76. The van der Waals surface area contributed by atoms with Crippen LogP contribution in [0.4, 0.5) is 5.69 Å². The minimum atomic E-state index is -0.724. The molecule has 0 spiro atoms. The lowest BCUT2D eigenvalue weighted by Gasteiger charge is -2.46. The molecule has 1 aliphatic rings. The van der Waals surface area contributed by atoms with Crippen molar-refractivity contribution < 1.29 is 13.9 Å². The number of anilines is 1. The molecule has 0 saturated carbocycles. The van der Waals surface area contributed by atoms with Crippen molar-refractivity contribution in [2.75, 3.05) is 11.9 Å². The summed E-state index contributed by atoms with van der Waals surface area (Å²) in [4.78, 5) is 15.3. The van der Waals surface area contributed by atoms with Gasteiger partial charge in [0.1, 0.15) is 17.2 Å². The number of benzene rings is 2. The van der Waals surface area contributed by atoms with Gasteiger partial charge in [0.2, 0.25) is 0 Å². The van der Waals surface area contributed by atoms with Crippen LogP contribution < -0.4 is 10.1 Å². The topological polar surface area (TPSA) is 54.7 Å². The number of para-hydroxylation sites is 1. The van der Waals surface area contributed by atoms with Gasteiger partial charge in [0, 0.05) is 5.69 Å². The molecular formula is C26H30N2O3. The molecule has 1 aromatic heterocycles.